The molecule has 0 aliphatic heterocycles. The summed E-state index contributed by atoms with van der Waals surface area (Å²) in [4.78, 5) is -1.00. The molecule has 21 heavy (non-hydrogen) atoms. The Hall–Kier alpha value is -1.12. The predicted molar refractivity (Wildman–Crippen MR) is 78.2 cm³/mol. The topological polar surface area (TPSA) is 88.5 Å². The summed E-state index contributed by atoms with van der Waals surface area (Å²) in [5.41, 5.74) is 0. The molecule has 5 nitrogen and oxygen atoms in total. The standard InChI is InChI=1S/C12H8Cl2O5S2/c13-11-9(6-7-10(12(11)14)21(17,18)19)20(15,16)8-4-2-1-3-5-8/h1-7H,(H,17,18,19). The van der Waals surface area contributed by atoms with Crippen molar-refractivity contribution in [1.29, 1.82) is 0 Å². The number of rotatable bonds is 3. The highest BCUT2D eigenvalue weighted by molar-refractivity contribution is 7.91. The molecule has 0 radical (unpaired) electrons. The average molecular weight is 367 g/mol. The lowest BCUT2D eigenvalue weighted by atomic mass is 10.3. The van der Waals surface area contributed by atoms with Crippen LogP contribution >= 0.6 is 23.2 Å². The second-order valence-corrected chi connectivity index (χ2v) is 8.05. The molecule has 2 aromatic rings. The Kier molecular flexibility index (Phi) is 4.32. The summed E-state index contributed by atoms with van der Waals surface area (Å²) in [7, 11) is -8.54. The molecule has 2 rings (SSSR count). The molecule has 0 heterocycles. The van der Waals surface area contributed by atoms with Gasteiger partial charge in [0.25, 0.3) is 10.1 Å². The van der Waals surface area contributed by atoms with Crippen molar-refractivity contribution in [1.82, 2.24) is 0 Å². The maximum atomic E-state index is 12.4. The van der Waals surface area contributed by atoms with Gasteiger partial charge in [0.15, 0.2) is 0 Å². The van der Waals surface area contributed by atoms with Gasteiger partial charge in [0, 0.05) is 0 Å². The zero-order chi connectivity index (χ0) is 15.8. The van der Waals surface area contributed by atoms with Gasteiger partial charge in [0.1, 0.15) is 4.90 Å². The molecule has 0 saturated heterocycles. The zero-order valence-electron chi connectivity index (χ0n) is 10.2. The van der Waals surface area contributed by atoms with Crippen LogP contribution in [0.4, 0.5) is 0 Å². The molecule has 0 saturated carbocycles. The monoisotopic (exact) mass is 366 g/mol. The first-order chi connectivity index (χ1) is 9.65. The molecule has 0 amide bonds. The smallest absolute Gasteiger partial charge is 0.282 e. The van der Waals surface area contributed by atoms with E-state index in [4.69, 9.17) is 27.8 Å². The van der Waals surface area contributed by atoms with E-state index in [1.807, 2.05) is 0 Å². The summed E-state index contributed by atoms with van der Waals surface area (Å²) in [5, 5.41) is -1.01. The molecule has 0 bridgehead atoms. The molecule has 0 aromatic heterocycles. The lowest BCUT2D eigenvalue weighted by Crippen LogP contribution is -2.06. The minimum atomic E-state index is -4.59. The molecule has 9 heteroatoms. The van der Waals surface area contributed by atoms with Crippen LogP contribution in [0.5, 0.6) is 0 Å². The van der Waals surface area contributed by atoms with E-state index in [1.54, 1.807) is 6.07 Å². The Balaban J connectivity index is 2.71. The van der Waals surface area contributed by atoms with E-state index in [9.17, 15) is 16.8 Å². The molecular formula is C12H8Cl2O5S2. The third-order valence-electron chi connectivity index (χ3n) is 2.63. The van der Waals surface area contributed by atoms with E-state index >= 15 is 0 Å². The van der Waals surface area contributed by atoms with Crippen LogP contribution in [0.1, 0.15) is 0 Å². The molecule has 112 valence electrons. The Morgan fingerprint density at radius 1 is 0.762 bits per heavy atom. The fourth-order valence-corrected chi connectivity index (χ4v) is 4.61. The van der Waals surface area contributed by atoms with E-state index < -0.39 is 34.9 Å². The summed E-state index contributed by atoms with van der Waals surface area (Å²) in [6.45, 7) is 0. The van der Waals surface area contributed by atoms with Gasteiger partial charge in [-0.3, -0.25) is 4.55 Å². The van der Waals surface area contributed by atoms with E-state index in [0.29, 0.717) is 0 Å². The third-order valence-corrected chi connectivity index (χ3v) is 6.45. The Labute approximate surface area is 131 Å². The third kappa shape index (κ3) is 3.07. The highest BCUT2D eigenvalue weighted by Crippen LogP contribution is 2.36. The van der Waals surface area contributed by atoms with E-state index in [1.165, 1.54) is 24.3 Å². The van der Waals surface area contributed by atoms with E-state index in [-0.39, 0.29) is 9.79 Å². The SMILES string of the molecule is O=S(=O)(O)c1ccc(S(=O)(=O)c2ccccc2)c(Cl)c1Cl. The molecule has 1 N–H and O–H groups in total. The molecule has 0 atom stereocenters. The highest BCUT2D eigenvalue weighted by Gasteiger charge is 2.26. The van der Waals surface area contributed by atoms with Crippen LogP contribution in [0.15, 0.2) is 57.2 Å². The van der Waals surface area contributed by atoms with Crippen LogP contribution < -0.4 is 0 Å². The number of hydrogen-bond acceptors (Lipinski definition) is 4. The molecular weight excluding hydrogens is 359 g/mol. The van der Waals surface area contributed by atoms with Crippen LogP contribution in [0.2, 0.25) is 10.0 Å². The Morgan fingerprint density at radius 2 is 1.24 bits per heavy atom. The van der Waals surface area contributed by atoms with Crippen molar-refractivity contribution in [3.8, 4) is 0 Å². The van der Waals surface area contributed by atoms with E-state index in [2.05, 4.69) is 0 Å². The first-order valence-corrected chi connectivity index (χ1v) is 9.09. The van der Waals surface area contributed by atoms with E-state index in [0.717, 1.165) is 12.1 Å². The van der Waals surface area contributed by atoms with Gasteiger partial charge in [0.2, 0.25) is 9.84 Å². The maximum Gasteiger partial charge on any atom is 0.296 e. The summed E-state index contributed by atoms with van der Waals surface area (Å²) < 4.78 is 56.0. The van der Waals surface area contributed by atoms with Crippen LogP contribution in [0.3, 0.4) is 0 Å². The number of sulfone groups is 1. The highest BCUT2D eigenvalue weighted by atomic mass is 35.5. The van der Waals surface area contributed by atoms with Crippen LogP contribution in [0, 0.1) is 0 Å². The lowest BCUT2D eigenvalue weighted by molar-refractivity contribution is 0.483. The van der Waals surface area contributed by atoms with Gasteiger partial charge in [-0.25, -0.2) is 8.42 Å². The fraction of sp³-hybridized carbons (Fsp3) is 0. The summed E-state index contributed by atoms with van der Waals surface area (Å²) in [6.07, 6.45) is 0. The second-order valence-electron chi connectivity index (χ2n) is 3.98. The van der Waals surface area contributed by atoms with Crippen molar-refractivity contribution in [2.45, 2.75) is 14.7 Å². The summed E-state index contributed by atoms with van der Waals surface area (Å²) in [5.74, 6) is 0. The van der Waals surface area contributed by atoms with Crippen molar-refractivity contribution in [2.24, 2.45) is 0 Å². The first kappa shape index (κ1) is 16.3. The van der Waals surface area contributed by atoms with Gasteiger partial charge >= 0.3 is 0 Å². The van der Waals surface area contributed by atoms with Crippen LogP contribution in [-0.4, -0.2) is 21.4 Å². The van der Waals surface area contributed by atoms with Gasteiger partial charge in [-0.15, -0.1) is 0 Å². The Morgan fingerprint density at radius 3 is 1.76 bits per heavy atom. The van der Waals surface area contributed by atoms with Gasteiger partial charge < -0.3 is 0 Å². The average Bonchev–Trinajstić information content (AvgIpc) is 2.41. The number of halogens is 2. The van der Waals surface area contributed by atoms with Crippen LogP contribution in [-0.2, 0) is 20.0 Å². The molecule has 0 spiro atoms. The normalized spacial score (nSPS) is 12.3. The van der Waals surface area contributed by atoms with Crippen molar-refractivity contribution in [2.75, 3.05) is 0 Å². The van der Waals surface area contributed by atoms with Gasteiger partial charge in [-0.1, -0.05) is 41.4 Å². The van der Waals surface area contributed by atoms with Crippen molar-refractivity contribution >= 4 is 43.2 Å². The van der Waals surface area contributed by atoms with Gasteiger partial charge in [-0.2, -0.15) is 8.42 Å². The summed E-state index contributed by atoms with van der Waals surface area (Å²) in [6, 6.07) is 9.34. The molecule has 2 aromatic carbocycles. The number of benzene rings is 2. The Bertz CT molecular complexity index is 891. The van der Waals surface area contributed by atoms with Gasteiger partial charge in [0.05, 0.1) is 19.8 Å². The summed E-state index contributed by atoms with van der Waals surface area (Å²) >= 11 is 11.6. The van der Waals surface area contributed by atoms with Crippen molar-refractivity contribution in [3.63, 3.8) is 0 Å². The fourth-order valence-electron chi connectivity index (χ4n) is 1.65. The van der Waals surface area contributed by atoms with Crippen LogP contribution in [0.25, 0.3) is 0 Å². The number of hydrogen-bond donors (Lipinski definition) is 1. The van der Waals surface area contributed by atoms with Gasteiger partial charge in [-0.05, 0) is 24.3 Å². The molecule has 0 aliphatic carbocycles. The lowest BCUT2D eigenvalue weighted by Gasteiger charge is -2.10. The minimum absolute atomic E-state index is 0.0115. The quantitative estimate of drug-likeness (QED) is 0.843. The maximum absolute atomic E-state index is 12.4. The first-order valence-electron chi connectivity index (χ1n) is 5.41. The zero-order valence-corrected chi connectivity index (χ0v) is 13.3. The predicted octanol–water partition coefficient (Wildman–Crippen LogP) is 3.07. The molecule has 0 aliphatic rings. The minimum Gasteiger partial charge on any atom is -0.282 e. The second kappa shape index (κ2) is 5.58. The molecule has 0 fully saturated rings. The molecule has 0 unspecified atom stereocenters. The van der Waals surface area contributed by atoms with Crippen molar-refractivity contribution in [3.05, 3.63) is 52.5 Å². The van der Waals surface area contributed by atoms with Crippen molar-refractivity contribution < 1.29 is 21.4 Å². The largest absolute Gasteiger partial charge is 0.296 e.